The lowest BCUT2D eigenvalue weighted by Gasteiger charge is -2.37. The minimum absolute atomic E-state index is 0.107. The van der Waals surface area contributed by atoms with E-state index in [9.17, 15) is 26.3 Å². The predicted octanol–water partition coefficient (Wildman–Crippen LogP) is 4.10. The zero-order chi connectivity index (χ0) is 25.1. The summed E-state index contributed by atoms with van der Waals surface area (Å²) in [5.41, 5.74) is -1.63. The third-order valence-electron chi connectivity index (χ3n) is 6.42. The lowest BCUT2D eigenvalue weighted by atomic mass is 9.92. The molecule has 2 aliphatic rings. The largest absolute Gasteiger partial charge is 0.477 e. The Kier molecular flexibility index (Phi) is 5.47. The summed E-state index contributed by atoms with van der Waals surface area (Å²) in [5, 5.41) is 14.9. The van der Waals surface area contributed by atoms with Crippen LogP contribution in [0.3, 0.4) is 0 Å². The first-order valence-corrected chi connectivity index (χ1v) is 10.9. The van der Waals surface area contributed by atoms with Crippen LogP contribution < -0.4 is 15.0 Å². The molecule has 1 N–H and O–H groups in total. The van der Waals surface area contributed by atoms with Crippen LogP contribution in [0.25, 0.3) is 5.65 Å². The molecule has 0 radical (unpaired) electrons. The monoisotopic (exact) mass is 505 g/mol. The highest BCUT2D eigenvalue weighted by Crippen LogP contribution is 2.40. The lowest BCUT2D eigenvalue weighted by Crippen LogP contribution is -2.48. The van der Waals surface area contributed by atoms with Crippen LogP contribution >= 0.6 is 0 Å². The first-order valence-electron chi connectivity index (χ1n) is 10.9. The van der Waals surface area contributed by atoms with Crippen LogP contribution in [-0.2, 0) is 6.18 Å². The maximum Gasteiger partial charge on any atom is 0.433 e. The number of nitrogens with zero attached hydrogens (tertiary/aromatic N) is 6. The molecular weight excluding hydrogens is 484 g/mol. The highest BCUT2D eigenvalue weighted by molar-refractivity contribution is 5.57. The van der Waals surface area contributed by atoms with Crippen LogP contribution in [0.1, 0.15) is 31.4 Å². The minimum Gasteiger partial charge on any atom is -0.477 e. The minimum atomic E-state index is -4.80. The van der Waals surface area contributed by atoms with E-state index in [1.807, 2.05) is 4.90 Å². The summed E-state index contributed by atoms with van der Waals surface area (Å²) < 4.78 is 90.5. The van der Waals surface area contributed by atoms with Crippen molar-refractivity contribution >= 4 is 17.6 Å². The second-order valence-electron chi connectivity index (χ2n) is 8.83. The van der Waals surface area contributed by atoms with Crippen LogP contribution in [0, 0.1) is 18.8 Å². The summed E-state index contributed by atoms with van der Waals surface area (Å²) in [4.78, 5) is 6.06. The van der Waals surface area contributed by atoms with Crippen molar-refractivity contribution < 1.29 is 35.5 Å². The number of aryl methyl sites for hydroxylation is 1. The summed E-state index contributed by atoms with van der Waals surface area (Å²) >= 11 is 0. The molecule has 1 saturated carbocycles. The molecular formula is C20H21F6N7O2. The van der Waals surface area contributed by atoms with Gasteiger partial charge in [-0.05, 0) is 43.7 Å². The fourth-order valence-electron chi connectivity index (χ4n) is 4.74. The van der Waals surface area contributed by atoms with Gasteiger partial charge in [0.25, 0.3) is 0 Å². The summed E-state index contributed by atoms with van der Waals surface area (Å²) in [6.45, 7) is 3.64. The Labute approximate surface area is 194 Å². The molecule has 9 nitrogen and oxygen atoms in total. The van der Waals surface area contributed by atoms with Gasteiger partial charge in [-0.2, -0.15) is 31.3 Å². The van der Waals surface area contributed by atoms with E-state index < -0.39 is 35.5 Å². The van der Waals surface area contributed by atoms with Gasteiger partial charge in [-0.15, -0.1) is 10.2 Å². The van der Waals surface area contributed by atoms with E-state index in [2.05, 4.69) is 25.6 Å². The van der Waals surface area contributed by atoms with Crippen molar-refractivity contribution in [3.63, 3.8) is 0 Å². The predicted molar refractivity (Wildman–Crippen MR) is 109 cm³/mol. The molecule has 4 atom stereocenters. The molecule has 1 saturated heterocycles. The number of alkyl halides is 6. The molecule has 2 unspecified atom stereocenters. The zero-order valence-electron chi connectivity index (χ0n) is 18.6. The summed E-state index contributed by atoms with van der Waals surface area (Å²) in [5.74, 6) is 0.0919. The molecule has 1 aliphatic carbocycles. The van der Waals surface area contributed by atoms with Gasteiger partial charge in [-0.3, -0.25) is 0 Å². The average molecular weight is 505 g/mol. The highest BCUT2D eigenvalue weighted by Gasteiger charge is 2.44. The Morgan fingerprint density at radius 2 is 1.77 bits per heavy atom. The van der Waals surface area contributed by atoms with E-state index in [-0.39, 0.29) is 23.8 Å². The van der Waals surface area contributed by atoms with E-state index in [4.69, 9.17) is 9.15 Å². The Morgan fingerprint density at radius 3 is 2.34 bits per heavy atom. The van der Waals surface area contributed by atoms with E-state index in [1.54, 1.807) is 6.92 Å². The standard InChI is InChI=1S/C20H21F6N7O2/c1-9(19(21,22)23)34-13-5-6-14(20(24,25)26)33-16(13)28-17(31-33)27-15-11-3-4-12(15)8-32(7-11)18-30-29-10(2)35-18/h5-6,9,11-12,15H,3-4,7-8H2,1-2H3,(H,27,31)/t9-,11-,12?,15?/m0/s1. The van der Waals surface area contributed by atoms with Crippen molar-refractivity contribution in [3.8, 4) is 5.75 Å². The quantitative estimate of drug-likeness (QED) is 0.519. The number of nitrogens with one attached hydrogen (secondary N) is 1. The number of piperidine rings is 1. The maximum absolute atomic E-state index is 13.6. The first-order chi connectivity index (χ1) is 16.4. The van der Waals surface area contributed by atoms with Crippen LogP contribution in [0.5, 0.6) is 5.75 Å². The van der Waals surface area contributed by atoms with E-state index in [0.717, 1.165) is 25.8 Å². The molecule has 5 rings (SSSR count). The topological polar surface area (TPSA) is 93.6 Å². The zero-order valence-corrected chi connectivity index (χ0v) is 18.6. The summed E-state index contributed by atoms with van der Waals surface area (Å²) in [7, 11) is 0. The van der Waals surface area contributed by atoms with Crippen molar-refractivity contribution in [1.29, 1.82) is 0 Å². The number of halogens is 6. The number of aromatic nitrogens is 5. The van der Waals surface area contributed by atoms with Gasteiger partial charge in [-0.25, -0.2) is 4.52 Å². The SMILES string of the molecule is Cc1nnc(N2CC3CC[C@@H](C2)C3Nc2nc3c(O[C@@H](C)C(F)(F)F)ccc(C(F)(F)F)n3n2)o1. The molecule has 4 heterocycles. The fourth-order valence-corrected chi connectivity index (χ4v) is 4.74. The summed E-state index contributed by atoms with van der Waals surface area (Å²) in [6, 6.07) is 1.73. The van der Waals surface area contributed by atoms with Crippen molar-refractivity contribution in [2.75, 3.05) is 23.3 Å². The number of rotatable bonds is 5. The lowest BCUT2D eigenvalue weighted by molar-refractivity contribution is -0.189. The van der Waals surface area contributed by atoms with Crippen LogP contribution in [0.2, 0.25) is 0 Å². The Balaban J connectivity index is 1.42. The molecule has 15 heteroatoms. The van der Waals surface area contributed by atoms with Crippen molar-refractivity contribution in [3.05, 3.63) is 23.7 Å². The van der Waals surface area contributed by atoms with Crippen molar-refractivity contribution in [2.24, 2.45) is 11.8 Å². The van der Waals surface area contributed by atoms with Crippen LogP contribution in [-0.4, -0.2) is 56.2 Å². The molecule has 3 aromatic heterocycles. The molecule has 0 aromatic carbocycles. The molecule has 2 bridgehead atoms. The second-order valence-corrected chi connectivity index (χ2v) is 8.83. The molecule has 190 valence electrons. The molecule has 2 fully saturated rings. The number of hydrogen-bond donors (Lipinski definition) is 1. The molecule has 0 spiro atoms. The number of pyridine rings is 1. The van der Waals surface area contributed by atoms with E-state index >= 15 is 0 Å². The Morgan fingerprint density at radius 1 is 1.09 bits per heavy atom. The average Bonchev–Trinajstić information content (AvgIpc) is 3.43. The van der Waals surface area contributed by atoms with Gasteiger partial charge < -0.3 is 19.4 Å². The third kappa shape index (κ3) is 4.43. The smallest absolute Gasteiger partial charge is 0.433 e. The second kappa shape index (κ2) is 8.16. The van der Waals surface area contributed by atoms with Crippen molar-refractivity contribution in [1.82, 2.24) is 24.8 Å². The van der Waals surface area contributed by atoms with Gasteiger partial charge in [0.2, 0.25) is 11.8 Å². The van der Waals surface area contributed by atoms with Crippen LogP contribution in [0.15, 0.2) is 16.5 Å². The maximum atomic E-state index is 13.6. The number of anilines is 2. The molecule has 0 amide bonds. The van der Waals surface area contributed by atoms with Gasteiger partial charge in [0.15, 0.2) is 17.5 Å². The highest BCUT2D eigenvalue weighted by atomic mass is 19.4. The Bertz CT molecular complexity index is 1210. The van der Waals surface area contributed by atoms with Gasteiger partial charge in [0.05, 0.1) is 0 Å². The molecule has 3 aromatic rings. The number of hydrogen-bond acceptors (Lipinski definition) is 8. The first kappa shape index (κ1) is 23.5. The molecule has 35 heavy (non-hydrogen) atoms. The number of ether oxygens (including phenoxy) is 1. The van der Waals surface area contributed by atoms with Crippen LogP contribution in [0.4, 0.5) is 38.3 Å². The third-order valence-corrected chi connectivity index (χ3v) is 6.42. The van der Waals surface area contributed by atoms with Gasteiger partial charge in [0, 0.05) is 26.1 Å². The molecule has 1 aliphatic heterocycles. The normalized spacial score (nSPS) is 23.7. The van der Waals surface area contributed by atoms with E-state index in [1.165, 1.54) is 0 Å². The van der Waals surface area contributed by atoms with Gasteiger partial charge in [0.1, 0.15) is 5.69 Å². The van der Waals surface area contributed by atoms with Gasteiger partial charge in [-0.1, -0.05) is 5.10 Å². The van der Waals surface area contributed by atoms with Crippen molar-refractivity contribution in [2.45, 2.75) is 51.2 Å². The fraction of sp³-hybridized carbons (Fsp3) is 0.600. The number of fused-ring (bicyclic) bond motifs is 3. The van der Waals surface area contributed by atoms with Gasteiger partial charge >= 0.3 is 18.4 Å². The van der Waals surface area contributed by atoms with E-state index in [0.29, 0.717) is 35.6 Å². The Hall–Kier alpha value is -3.26. The summed E-state index contributed by atoms with van der Waals surface area (Å²) in [6.07, 6.45) is -10.0.